The van der Waals surface area contributed by atoms with Crippen LogP contribution >= 0.6 is 0 Å². The molecule has 0 aromatic heterocycles. The van der Waals surface area contributed by atoms with Crippen molar-refractivity contribution in [2.45, 2.75) is 103 Å². The van der Waals surface area contributed by atoms with Crippen LogP contribution in [0.2, 0.25) is 0 Å². The molecule has 1 aliphatic rings. The Bertz CT molecular complexity index is 209. The second kappa shape index (κ2) is 9.77. The number of hydrogen-bond acceptors (Lipinski definition) is 2. The molecule has 114 valence electrons. The third kappa shape index (κ3) is 6.27. The molecule has 19 heavy (non-hydrogen) atoms. The molecule has 1 saturated carbocycles. The van der Waals surface area contributed by atoms with Crippen molar-refractivity contribution in [3.8, 4) is 0 Å². The predicted molar refractivity (Wildman–Crippen MR) is 85.4 cm³/mol. The van der Waals surface area contributed by atoms with E-state index in [0.29, 0.717) is 6.04 Å². The van der Waals surface area contributed by atoms with E-state index in [0.717, 1.165) is 12.1 Å². The SMILES string of the molecule is CCCCCCCC(C)N(CC)C1CCC(N)CC1. The molecule has 1 atom stereocenters. The second-order valence-electron chi connectivity index (χ2n) is 6.45. The molecule has 1 fully saturated rings. The molecule has 1 rings (SSSR count). The van der Waals surface area contributed by atoms with Gasteiger partial charge in [0.25, 0.3) is 0 Å². The standard InChI is InChI=1S/C17H36N2/c1-4-6-7-8-9-10-15(3)19(5-2)17-13-11-16(18)12-14-17/h15-17H,4-14,18H2,1-3H3. The first kappa shape index (κ1) is 17.0. The topological polar surface area (TPSA) is 29.3 Å². The average molecular weight is 268 g/mol. The zero-order chi connectivity index (χ0) is 14.1. The van der Waals surface area contributed by atoms with Crippen molar-refractivity contribution >= 4 is 0 Å². The molecular formula is C17H36N2. The summed E-state index contributed by atoms with van der Waals surface area (Å²) in [5.74, 6) is 0. The lowest BCUT2D eigenvalue weighted by Crippen LogP contribution is -2.45. The summed E-state index contributed by atoms with van der Waals surface area (Å²) < 4.78 is 0. The number of nitrogens with two attached hydrogens (primary N) is 1. The maximum Gasteiger partial charge on any atom is 0.00991 e. The van der Waals surface area contributed by atoms with E-state index in [1.165, 1.54) is 70.8 Å². The molecule has 2 heteroatoms. The van der Waals surface area contributed by atoms with Crippen LogP contribution < -0.4 is 5.73 Å². The van der Waals surface area contributed by atoms with Crippen LogP contribution in [0.4, 0.5) is 0 Å². The molecule has 2 N–H and O–H groups in total. The van der Waals surface area contributed by atoms with Crippen LogP contribution in [-0.2, 0) is 0 Å². The minimum atomic E-state index is 0.472. The van der Waals surface area contributed by atoms with E-state index in [2.05, 4.69) is 25.7 Å². The molecule has 0 amide bonds. The van der Waals surface area contributed by atoms with Gasteiger partial charge in [-0.1, -0.05) is 46.0 Å². The zero-order valence-electron chi connectivity index (χ0n) is 13.5. The van der Waals surface area contributed by atoms with Crippen molar-refractivity contribution in [3.63, 3.8) is 0 Å². The highest BCUT2D eigenvalue weighted by atomic mass is 15.2. The van der Waals surface area contributed by atoms with Gasteiger partial charge in [0.15, 0.2) is 0 Å². The van der Waals surface area contributed by atoms with E-state index >= 15 is 0 Å². The van der Waals surface area contributed by atoms with Crippen LogP contribution in [0.1, 0.15) is 85.0 Å². The summed E-state index contributed by atoms with van der Waals surface area (Å²) in [6, 6.07) is 2.03. The molecule has 0 radical (unpaired) electrons. The average Bonchev–Trinajstić information content (AvgIpc) is 2.41. The van der Waals surface area contributed by atoms with Gasteiger partial charge in [0.1, 0.15) is 0 Å². The Morgan fingerprint density at radius 2 is 1.63 bits per heavy atom. The van der Waals surface area contributed by atoms with Gasteiger partial charge in [-0.05, 0) is 45.6 Å². The highest BCUT2D eigenvalue weighted by molar-refractivity contribution is 4.83. The highest BCUT2D eigenvalue weighted by Gasteiger charge is 2.25. The first-order valence-electron chi connectivity index (χ1n) is 8.70. The Morgan fingerprint density at radius 3 is 2.21 bits per heavy atom. The van der Waals surface area contributed by atoms with E-state index in [1.54, 1.807) is 0 Å². The smallest absolute Gasteiger partial charge is 0.00991 e. The summed E-state index contributed by atoms with van der Waals surface area (Å²) in [6.45, 7) is 8.24. The quantitative estimate of drug-likeness (QED) is 0.631. The summed E-state index contributed by atoms with van der Waals surface area (Å²) in [7, 11) is 0. The van der Waals surface area contributed by atoms with Crippen molar-refractivity contribution in [2.75, 3.05) is 6.54 Å². The molecule has 0 aromatic carbocycles. The fraction of sp³-hybridized carbons (Fsp3) is 1.00. The van der Waals surface area contributed by atoms with Crippen LogP contribution in [-0.4, -0.2) is 29.6 Å². The normalized spacial score (nSPS) is 25.7. The largest absolute Gasteiger partial charge is 0.328 e. The van der Waals surface area contributed by atoms with Crippen LogP contribution in [0.3, 0.4) is 0 Å². The Hall–Kier alpha value is -0.0800. The van der Waals surface area contributed by atoms with Gasteiger partial charge in [-0.2, -0.15) is 0 Å². The third-order valence-electron chi connectivity index (χ3n) is 4.87. The fourth-order valence-electron chi connectivity index (χ4n) is 3.57. The van der Waals surface area contributed by atoms with Gasteiger partial charge in [-0.15, -0.1) is 0 Å². The molecule has 1 aliphatic carbocycles. The molecule has 0 heterocycles. The van der Waals surface area contributed by atoms with Crippen LogP contribution in [0.25, 0.3) is 0 Å². The van der Waals surface area contributed by atoms with E-state index in [4.69, 9.17) is 5.73 Å². The Balaban J connectivity index is 2.24. The third-order valence-corrected chi connectivity index (χ3v) is 4.87. The maximum atomic E-state index is 6.02. The Kier molecular flexibility index (Phi) is 8.72. The molecule has 2 nitrogen and oxygen atoms in total. The summed E-state index contributed by atoms with van der Waals surface area (Å²) in [5.41, 5.74) is 6.02. The van der Waals surface area contributed by atoms with Gasteiger partial charge in [0, 0.05) is 18.1 Å². The fourth-order valence-corrected chi connectivity index (χ4v) is 3.57. The van der Waals surface area contributed by atoms with Crippen LogP contribution in [0.15, 0.2) is 0 Å². The van der Waals surface area contributed by atoms with Crippen molar-refractivity contribution in [1.82, 2.24) is 4.90 Å². The molecule has 0 saturated heterocycles. The minimum Gasteiger partial charge on any atom is -0.328 e. The van der Waals surface area contributed by atoms with Gasteiger partial charge in [0.05, 0.1) is 0 Å². The molecule has 1 unspecified atom stereocenters. The number of nitrogens with zero attached hydrogens (tertiary/aromatic N) is 1. The second-order valence-corrected chi connectivity index (χ2v) is 6.45. The number of rotatable bonds is 9. The summed E-state index contributed by atoms with van der Waals surface area (Å²) in [5, 5.41) is 0. The molecular weight excluding hydrogens is 232 g/mol. The first-order valence-corrected chi connectivity index (χ1v) is 8.70. The summed E-state index contributed by atoms with van der Waals surface area (Å²) >= 11 is 0. The number of hydrogen-bond donors (Lipinski definition) is 1. The Labute approximate surface area is 121 Å². The van der Waals surface area contributed by atoms with E-state index in [-0.39, 0.29) is 0 Å². The van der Waals surface area contributed by atoms with Gasteiger partial charge in [-0.25, -0.2) is 0 Å². The summed E-state index contributed by atoms with van der Waals surface area (Å²) in [6.07, 6.45) is 13.5. The van der Waals surface area contributed by atoms with Gasteiger partial charge < -0.3 is 5.73 Å². The molecule has 0 aromatic rings. The lowest BCUT2D eigenvalue weighted by molar-refractivity contribution is 0.108. The molecule has 0 aliphatic heterocycles. The molecule has 0 bridgehead atoms. The van der Waals surface area contributed by atoms with E-state index < -0.39 is 0 Å². The van der Waals surface area contributed by atoms with Crippen molar-refractivity contribution in [3.05, 3.63) is 0 Å². The van der Waals surface area contributed by atoms with Crippen molar-refractivity contribution in [1.29, 1.82) is 0 Å². The van der Waals surface area contributed by atoms with E-state index in [1.807, 2.05) is 0 Å². The maximum absolute atomic E-state index is 6.02. The van der Waals surface area contributed by atoms with Crippen molar-refractivity contribution < 1.29 is 0 Å². The first-order chi connectivity index (χ1) is 9.19. The van der Waals surface area contributed by atoms with Gasteiger partial charge in [-0.3, -0.25) is 4.90 Å². The molecule has 0 spiro atoms. The highest BCUT2D eigenvalue weighted by Crippen LogP contribution is 2.25. The van der Waals surface area contributed by atoms with Crippen LogP contribution in [0.5, 0.6) is 0 Å². The summed E-state index contributed by atoms with van der Waals surface area (Å²) in [4.78, 5) is 2.74. The van der Waals surface area contributed by atoms with Crippen LogP contribution in [0, 0.1) is 0 Å². The monoisotopic (exact) mass is 268 g/mol. The van der Waals surface area contributed by atoms with Crippen molar-refractivity contribution in [2.24, 2.45) is 5.73 Å². The van der Waals surface area contributed by atoms with E-state index in [9.17, 15) is 0 Å². The number of unbranched alkanes of at least 4 members (excludes halogenated alkanes) is 4. The van der Waals surface area contributed by atoms with Gasteiger partial charge in [0.2, 0.25) is 0 Å². The Morgan fingerprint density at radius 1 is 1.00 bits per heavy atom. The predicted octanol–water partition coefficient (Wildman–Crippen LogP) is 4.33. The van der Waals surface area contributed by atoms with Gasteiger partial charge >= 0.3 is 0 Å². The lowest BCUT2D eigenvalue weighted by Gasteiger charge is -2.39. The zero-order valence-corrected chi connectivity index (χ0v) is 13.5. The lowest BCUT2D eigenvalue weighted by atomic mass is 9.89. The minimum absolute atomic E-state index is 0.472.